The van der Waals surface area contributed by atoms with E-state index >= 15 is 0 Å². The number of aromatic nitrogens is 6. The van der Waals surface area contributed by atoms with Crippen LogP contribution in [0.3, 0.4) is 0 Å². The highest BCUT2D eigenvalue weighted by Gasteiger charge is 2.18. The van der Waals surface area contributed by atoms with Crippen molar-refractivity contribution < 1.29 is 9.90 Å². The molecule has 0 atom stereocenters. The third-order valence-electron chi connectivity index (χ3n) is 6.36. The average Bonchev–Trinajstić information content (AvgIpc) is 3.57. The molecule has 9 heteroatoms. The Morgan fingerprint density at radius 3 is 2.41 bits per heavy atom. The summed E-state index contributed by atoms with van der Waals surface area (Å²) in [6.07, 6.45) is 4.41. The second-order valence-electron chi connectivity index (χ2n) is 8.76. The van der Waals surface area contributed by atoms with E-state index in [1.807, 2.05) is 48.5 Å². The van der Waals surface area contributed by atoms with Crippen LogP contribution in [0.4, 0.5) is 0 Å². The molecule has 0 saturated heterocycles. The first-order valence-electron chi connectivity index (χ1n) is 12.1. The Hall–Kier alpha value is -4.79. The van der Waals surface area contributed by atoms with E-state index in [-0.39, 0.29) is 11.3 Å². The topological polar surface area (TPSA) is 119 Å². The van der Waals surface area contributed by atoms with Gasteiger partial charge in [-0.25, -0.2) is 9.59 Å². The van der Waals surface area contributed by atoms with E-state index in [4.69, 9.17) is 0 Å². The minimum atomic E-state index is -1.07. The van der Waals surface area contributed by atoms with Crippen LogP contribution in [-0.2, 0) is 13.0 Å². The number of hydrogen-bond donors (Lipinski definition) is 2. The second kappa shape index (κ2) is 10.4. The largest absolute Gasteiger partial charge is 0.478 e. The molecule has 2 aromatic heterocycles. The number of aryl methyl sites for hydroxylation is 1. The normalized spacial score (nSPS) is 11.1. The summed E-state index contributed by atoms with van der Waals surface area (Å²) >= 11 is 0. The van der Waals surface area contributed by atoms with Gasteiger partial charge in [-0.2, -0.15) is 5.21 Å². The van der Waals surface area contributed by atoms with Gasteiger partial charge < -0.3 is 5.11 Å². The van der Waals surface area contributed by atoms with Gasteiger partial charge in [0.25, 0.3) is 0 Å². The summed E-state index contributed by atoms with van der Waals surface area (Å²) in [7, 11) is 0. The van der Waals surface area contributed by atoms with Crippen LogP contribution >= 0.6 is 0 Å². The van der Waals surface area contributed by atoms with Crippen molar-refractivity contribution in [3.8, 4) is 28.2 Å². The van der Waals surface area contributed by atoms with Crippen LogP contribution in [0.15, 0.2) is 83.8 Å². The molecule has 0 bridgehead atoms. The molecular formula is C28H26N6O3. The Kier molecular flexibility index (Phi) is 6.76. The Balaban J connectivity index is 1.49. The van der Waals surface area contributed by atoms with Gasteiger partial charge in [0.2, 0.25) is 5.82 Å². The minimum absolute atomic E-state index is 0.0911. The maximum Gasteiger partial charge on any atom is 0.337 e. The number of carbonyl (C=O) groups is 1. The summed E-state index contributed by atoms with van der Waals surface area (Å²) in [4.78, 5) is 25.3. The molecule has 3 aromatic carbocycles. The monoisotopic (exact) mass is 494 g/mol. The quantitative estimate of drug-likeness (QED) is 0.310. The van der Waals surface area contributed by atoms with Crippen molar-refractivity contribution >= 4 is 5.97 Å². The first-order valence-corrected chi connectivity index (χ1v) is 12.1. The van der Waals surface area contributed by atoms with Gasteiger partial charge in [0.15, 0.2) is 0 Å². The smallest absolute Gasteiger partial charge is 0.337 e. The molecule has 5 aromatic rings. The average molecular weight is 495 g/mol. The van der Waals surface area contributed by atoms with E-state index in [2.05, 4.69) is 27.5 Å². The number of para-hydroxylation sites is 1. The third-order valence-corrected chi connectivity index (χ3v) is 6.36. The molecule has 0 radical (unpaired) electrons. The van der Waals surface area contributed by atoms with Gasteiger partial charge in [0.05, 0.1) is 17.8 Å². The predicted octanol–water partition coefficient (Wildman–Crippen LogP) is 4.58. The van der Waals surface area contributed by atoms with Gasteiger partial charge in [-0.05, 0) is 46.9 Å². The number of imidazole rings is 1. The summed E-state index contributed by atoms with van der Waals surface area (Å²) in [6, 6.07) is 22.5. The molecule has 5 rings (SSSR count). The number of benzene rings is 3. The molecule has 9 nitrogen and oxygen atoms in total. The highest BCUT2D eigenvalue weighted by molar-refractivity contribution is 5.91. The number of carboxylic acid groups (broad SMARTS) is 1. The fourth-order valence-corrected chi connectivity index (χ4v) is 4.47. The number of carboxylic acids is 1. The fourth-order valence-electron chi connectivity index (χ4n) is 4.47. The zero-order chi connectivity index (χ0) is 25.8. The van der Waals surface area contributed by atoms with E-state index in [9.17, 15) is 14.7 Å². The fraction of sp³-hybridized carbons (Fsp3) is 0.179. The first kappa shape index (κ1) is 23.9. The molecule has 0 aliphatic carbocycles. The summed E-state index contributed by atoms with van der Waals surface area (Å²) in [6.45, 7) is 2.48. The van der Waals surface area contributed by atoms with Crippen molar-refractivity contribution in [2.24, 2.45) is 0 Å². The zero-order valence-corrected chi connectivity index (χ0v) is 20.3. The van der Waals surface area contributed by atoms with Crippen molar-refractivity contribution in [2.45, 2.75) is 32.7 Å². The maximum atomic E-state index is 13.5. The van der Waals surface area contributed by atoms with Crippen molar-refractivity contribution in [1.82, 2.24) is 29.8 Å². The summed E-state index contributed by atoms with van der Waals surface area (Å²) in [5, 5.41) is 24.0. The van der Waals surface area contributed by atoms with Crippen molar-refractivity contribution in [2.75, 3.05) is 0 Å². The Morgan fingerprint density at radius 1 is 0.973 bits per heavy atom. The molecule has 0 fully saturated rings. The van der Waals surface area contributed by atoms with Crippen molar-refractivity contribution in [1.29, 1.82) is 0 Å². The minimum Gasteiger partial charge on any atom is -0.478 e. The predicted molar refractivity (Wildman–Crippen MR) is 140 cm³/mol. The molecule has 0 aliphatic heterocycles. The lowest BCUT2D eigenvalue weighted by atomic mass is 9.98. The van der Waals surface area contributed by atoms with E-state index in [1.165, 1.54) is 10.6 Å². The number of rotatable bonds is 9. The SMILES string of the molecule is CCCCc1cn(-c2ccccc2C(=O)O)c(=O)n1Cc1ccc(-c2ccccc2-c2nn[nH]n2)cc1. The van der Waals surface area contributed by atoms with Crippen LogP contribution in [0.25, 0.3) is 28.2 Å². The van der Waals surface area contributed by atoms with Crippen LogP contribution < -0.4 is 5.69 Å². The van der Waals surface area contributed by atoms with Gasteiger partial charge in [0.1, 0.15) is 0 Å². The van der Waals surface area contributed by atoms with Crippen LogP contribution in [0, 0.1) is 0 Å². The number of hydrogen-bond acceptors (Lipinski definition) is 5. The lowest BCUT2D eigenvalue weighted by Gasteiger charge is -2.10. The van der Waals surface area contributed by atoms with Gasteiger partial charge in [-0.3, -0.25) is 9.13 Å². The van der Waals surface area contributed by atoms with Crippen LogP contribution in [0.5, 0.6) is 0 Å². The maximum absolute atomic E-state index is 13.5. The molecule has 37 heavy (non-hydrogen) atoms. The number of nitrogens with zero attached hydrogens (tertiary/aromatic N) is 5. The summed E-state index contributed by atoms with van der Waals surface area (Å²) < 4.78 is 3.18. The highest BCUT2D eigenvalue weighted by Crippen LogP contribution is 2.30. The molecule has 0 saturated carbocycles. The van der Waals surface area contributed by atoms with Crippen LogP contribution in [-0.4, -0.2) is 40.8 Å². The first-order chi connectivity index (χ1) is 18.1. The Bertz CT molecular complexity index is 1580. The molecule has 2 N–H and O–H groups in total. The van der Waals surface area contributed by atoms with Gasteiger partial charge in [-0.1, -0.05) is 74.0 Å². The second-order valence-corrected chi connectivity index (χ2v) is 8.76. The summed E-state index contributed by atoms with van der Waals surface area (Å²) in [5.74, 6) is -0.545. The van der Waals surface area contributed by atoms with Gasteiger partial charge in [-0.15, -0.1) is 10.2 Å². The lowest BCUT2D eigenvalue weighted by molar-refractivity contribution is 0.0697. The highest BCUT2D eigenvalue weighted by atomic mass is 16.4. The van der Waals surface area contributed by atoms with Crippen LogP contribution in [0.1, 0.15) is 41.4 Å². The Morgan fingerprint density at radius 2 is 1.70 bits per heavy atom. The summed E-state index contributed by atoms with van der Waals surface area (Å²) in [5.41, 5.74) is 4.88. The lowest BCUT2D eigenvalue weighted by Crippen LogP contribution is -2.25. The number of unbranched alkanes of at least 4 members (excludes halogenated alkanes) is 1. The molecule has 0 unspecified atom stereocenters. The molecule has 2 heterocycles. The molecule has 186 valence electrons. The number of nitrogens with one attached hydrogen (secondary N) is 1. The van der Waals surface area contributed by atoms with Crippen molar-refractivity contribution in [3.05, 3.63) is 106 Å². The molecule has 0 aliphatic rings. The molecule has 0 spiro atoms. The number of aromatic carboxylic acids is 1. The number of tetrazole rings is 1. The van der Waals surface area contributed by atoms with E-state index in [0.717, 1.165) is 47.2 Å². The van der Waals surface area contributed by atoms with E-state index in [0.29, 0.717) is 18.1 Å². The molecule has 0 amide bonds. The van der Waals surface area contributed by atoms with Crippen molar-refractivity contribution in [3.63, 3.8) is 0 Å². The number of H-pyrrole nitrogens is 1. The van der Waals surface area contributed by atoms with Gasteiger partial charge >= 0.3 is 11.7 Å². The van der Waals surface area contributed by atoms with Crippen LogP contribution in [0.2, 0.25) is 0 Å². The molecular weight excluding hydrogens is 468 g/mol. The van der Waals surface area contributed by atoms with Gasteiger partial charge in [0, 0.05) is 17.5 Å². The standard InChI is InChI=1S/C28H26N6O3/c1-2-3-8-21-18-34(25-12-7-6-11-24(25)27(35)36)28(37)33(21)17-19-13-15-20(16-14-19)22-9-4-5-10-23(22)26-29-31-32-30-26/h4-7,9-16,18H,2-3,8,17H2,1H3,(H,35,36)(H,29,30,31,32). The number of aromatic amines is 1. The zero-order valence-electron chi connectivity index (χ0n) is 20.3. The Labute approximate surface area is 213 Å². The van der Waals surface area contributed by atoms with E-state index < -0.39 is 5.97 Å². The third kappa shape index (κ3) is 4.84. The van der Waals surface area contributed by atoms with E-state index in [1.54, 1.807) is 29.0 Å².